The topological polar surface area (TPSA) is 48.4 Å². The summed E-state index contributed by atoms with van der Waals surface area (Å²) in [7, 11) is 0. The van der Waals surface area contributed by atoms with Crippen LogP contribution in [0.2, 0.25) is 0 Å². The smallest absolute Gasteiger partial charge is 0.387 e. The number of alkyl halides is 2. The van der Waals surface area contributed by atoms with Crippen molar-refractivity contribution in [1.29, 1.82) is 0 Å². The highest BCUT2D eigenvalue weighted by atomic mass is 19.3. The SMILES string of the molecule is CCCC(Oc1ccc(OC(F)F)cc1)C(=O)c1cccnc1. The second-order valence-electron chi connectivity index (χ2n) is 4.85. The molecule has 2 aromatic rings. The highest BCUT2D eigenvalue weighted by molar-refractivity contribution is 5.99. The van der Waals surface area contributed by atoms with Gasteiger partial charge in [0.2, 0.25) is 5.78 Å². The molecule has 0 spiro atoms. The van der Waals surface area contributed by atoms with E-state index < -0.39 is 12.7 Å². The molecule has 0 amide bonds. The van der Waals surface area contributed by atoms with Gasteiger partial charge in [0.15, 0.2) is 6.10 Å². The number of benzene rings is 1. The number of aromatic nitrogens is 1. The molecule has 1 heterocycles. The van der Waals surface area contributed by atoms with Gasteiger partial charge in [0.25, 0.3) is 0 Å². The van der Waals surface area contributed by atoms with E-state index in [9.17, 15) is 13.6 Å². The second kappa shape index (κ2) is 8.22. The predicted molar refractivity (Wildman–Crippen MR) is 81.0 cm³/mol. The molecule has 0 aliphatic carbocycles. The number of nitrogens with zero attached hydrogens (tertiary/aromatic N) is 1. The van der Waals surface area contributed by atoms with Crippen molar-refractivity contribution in [3.05, 3.63) is 54.4 Å². The van der Waals surface area contributed by atoms with Crippen molar-refractivity contribution in [2.24, 2.45) is 0 Å². The Balaban J connectivity index is 2.08. The third kappa shape index (κ3) is 5.02. The molecule has 122 valence electrons. The van der Waals surface area contributed by atoms with Gasteiger partial charge in [-0.15, -0.1) is 0 Å². The van der Waals surface area contributed by atoms with Crippen LogP contribution in [0.1, 0.15) is 30.1 Å². The van der Waals surface area contributed by atoms with E-state index in [1.165, 1.54) is 30.5 Å². The van der Waals surface area contributed by atoms with Gasteiger partial charge in [0.05, 0.1) is 0 Å². The van der Waals surface area contributed by atoms with E-state index >= 15 is 0 Å². The molecular weight excluding hydrogens is 304 g/mol. The summed E-state index contributed by atoms with van der Waals surface area (Å²) < 4.78 is 34.2. The van der Waals surface area contributed by atoms with Crippen LogP contribution in [0.3, 0.4) is 0 Å². The Morgan fingerprint density at radius 1 is 1.13 bits per heavy atom. The first-order valence-electron chi connectivity index (χ1n) is 7.26. The van der Waals surface area contributed by atoms with Crippen LogP contribution in [0.15, 0.2) is 48.8 Å². The van der Waals surface area contributed by atoms with Crippen molar-refractivity contribution in [1.82, 2.24) is 4.98 Å². The average molecular weight is 321 g/mol. The summed E-state index contributed by atoms with van der Waals surface area (Å²) in [6, 6.07) is 9.11. The molecule has 0 saturated heterocycles. The Bertz CT molecular complexity index is 617. The van der Waals surface area contributed by atoms with Crippen molar-refractivity contribution < 1.29 is 23.0 Å². The summed E-state index contributed by atoms with van der Waals surface area (Å²) in [6.45, 7) is -0.923. The number of carbonyl (C=O) groups is 1. The second-order valence-corrected chi connectivity index (χ2v) is 4.85. The molecule has 0 bridgehead atoms. The van der Waals surface area contributed by atoms with Gasteiger partial charge in [0.1, 0.15) is 11.5 Å². The van der Waals surface area contributed by atoms with E-state index in [0.717, 1.165) is 6.42 Å². The lowest BCUT2D eigenvalue weighted by atomic mass is 10.0. The lowest BCUT2D eigenvalue weighted by molar-refractivity contribution is -0.0498. The summed E-state index contributed by atoms with van der Waals surface area (Å²) >= 11 is 0. The standard InChI is InChI=1S/C17H17F2NO3/c1-2-4-15(16(21)12-5-3-10-20-11-12)22-13-6-8-14(9-7-13)23-17(18)19/h3,5-11,15,17H,2,4H2,1H3. The highest BCUT2D eigenvalue weighted by Crippen LogP contribution is 2.22. The van der Waals surface area contributed by atoms with Gasteiger partial charge in [-0.05, 0) is 42.8 Å². The monoisotopic (exact) mass is 321 g/mol. The third-order valence-electron chi connectivity index (χ3n) is 3.12. The first-order valence-corrected chi connectivity index (χ1v) is 7.26. The van der Waals surface area contributed by atoms with Crippen molar-refractivity contribution >= 4 is 5.78 Å². The molecule has 0 fully saturated rings. The van der Waals surface area contributed by atoms with Gasteiger partial charge >= 0.3 is 6.61 Å². The van der Waals surface area contributed by atoms with Gasteiger partial charge in [-0.25, -0.2) is 0 Å². The Morgan fingerprint density at radius 2 is 1.78 bits per heavy atom. The van der Waals surface area contributed by atoms with Crippen molar-refractivity contribution in [3.8, 4) is 11.5 Å². The zero-order chi connectivity index (χ0) is 16.7. The number of carbonyl (C=O) groups excluding carboxylic acids is 1. The molecule has 0 N–H and O–H groups in total. The van der Waals surface area contributed by atoms with Crippen LogP contribution in [0.25, 0.3) is 0 Å². The van der Waals surface area contributed by atoms with E-state index in [4.69, 9.17) is 4.74 Å². The molecule has 6 heteroatoms. The Hall–Kier alpha value is -2.50. The van der Waals surface area contributed by atoms with Gasteiger partial charge in [-0.1, -0.05) is 13.3 Å². The van der Waals surface area contributed by atoms with Gasteiger partial charge < -0.3 is 9.47 Å². The molecule has 23 heavy (non-hydrogen) atoms. The van der Waals surface area contributed by atoms with Crippen LogP contribution >= 0.6 is 0 Å². The molecule has 1 aromatic carbocycles. The lowest BCUT2D eigenvalue weighted by Gasteiger charge is -2.17. The maximum absolute atomic E-state index is 12.5. The Labute approximate surface area is 133 Å². The summed E-state index contributed by atoms with van der Waals surface area (Å²) in [5.74, 6) is 0.299. The fraction of sp³-hybridized carbons (Fsp3) is 0.294. The third-order valence-corrected chi connectivity index (χ3v) is 3.12. The highest BCUT2D eigenvalue weighted by Gasteiger charge is 2.21. The molecule has 1 unspecified atom stereocenters. The van der Waals surface area contributed by atoms with Gasteiger partial charge in [-0.3, -0.25) is 9.78 Å². The molecule has 0 saturated carbocycles. The summed E-state index contributed by atoms with van der Waals surface area (Å²) in [4.78, 5) is 16.4. The number of Topliss-reactive ketones (excluding diaryl/α,β-unsaturated/α-hetero) is 1. The quantitative estimate of drug-likeness (QED) is 0.686. The number of ketones is 1. The summed E-state index contributed by atoms with van der Waals surface area (Å²) in [5.41, 5.74) is 0.476. The normalized spacial score (nSPS) is 12.0. The molecule has 4 nitrogen and oxygen atoms in total. The molecule has 0 aliphatic rings. The zero-order valence-corrected chi connectivity index (χ0v) is 12.6. The van der Waals surface area contributed by atoms with E-state index in [1.54, 1.807) is 18.3 Å². The Morgan fingerprint density at radius 3 is 2.30 bits per heavy atom. The zero-order valence-electron chi connectivity index (χ0n) is 12.6. The van der Waals surface area contributed by atoms with Crippen LogP contribution in [0.4, 0.5) is 8.78 Å². The number of ether oxygens (including phenoxy) is 2. The fourth-order valence-electron chi connectivity index (χ4n) is 2.06. The first-order chi connectivity index (χ1) is 11.1. The van der Waals surface area contributed by atoms with Crippen molar-refractivity contribution in [2.75, 3.05) is 0 Å². The maximum Gasteiger partial charge on any atom is 0.387 e. The number of halogens is 2. The molecule has 1 aromatic heterocycles. The summed E-state index contributed by atoms with van der Waals surface area (Å²) in [6.07, 6.45) is 3.75. The Kier molecular flexibility index (Phi) is 6.02. The van der Waals surface area contributed by atoms with Gasteiger partial charge in [-0.2, -0.15) is 8.78 Å². The first kappa shape index (κ1) is 16.9. The molecular formula is C17H17F2NO3. The minimum absolute atomic E-state index is 0.0398. The van der Waals surface area contributed by atoms with Crippen LogP contribution < -0.4 is 9.47 Å². The largest absolute Gasteiger partial charge is 0.482 e. The van der Waals surface area contributed by atoms with Crippen LogP contribution in [0.5, 0.6) is 11.5 Å². The average Bonchev–Trinajstić information content (AvgIpc) is 2.56. The van der Waals surface area contributed by atoms with Crippen LogP contribution in [-0.4, -0.2) is 23.5 Å². The fourth-order valence-corrected chi connectivity index (χ4v) is 2.06. The maximum atomic E-state index is 12.5. The molecule has 2 rings (SSSR count). The summed E-state index contributed by atoms with van der Waals surface area (Å²) in [5, 5.41) is 0. The minimum Gasteiger partial charge on any atom is -0.482 e. The van der Waals surface area contributed by atoms with Gasteiger partial charge in [0, 0.05) is 18.0 Å². The van der Waals surface area contributed by atoms with Crippen LogP contribution in [0, 0.1) is 0 Å². The van der Waals surface area contributed by atoms with E-state index in [0.29, 0.717) is 17.7 Å². The van der Waals surface area contributed by atoms with Crippen LogP contribution in [-0.2, 0) is 0 Å². The van der Waals surface area contributed by atoms with E-state index in [1.807, 2.05) is 6.92 Å². The molecule has 0 radical (unpaired) electrons. The predicted octanol–water partition coefficient (Wildman–Crippen LogP) is 4.11. The number of hydrogen-bond acceptors (Lipinski definition) is 4. The minimum atomic E-state index is -2.87. The van der Waals surface area contributed by atoms with E-state index in [2.05, 4.69) is 9.72 Å². The van der Waals surface area contributed by atoms with Crippen molar-refractivity contribution in [3.63, 3.8) is 0 Å². The van der Waals surface area contributed by atoms with E-state index in [-0.39, 0.29) is 11.5 Å². The lowest BCUT2D eigenvalue weighted by Crippen LogP contribution is -2.27. The molecule has 0 aliphatic heterocycles. The molecule has 1 atom stereocenters. The number of pyridine rings is 1. The number of rotatable bonds is 8. The number of hydrogen-bond donors (Lipinski definition) is 0. The van der Waals surface area contributed by atoms with Crippen molar-refractivity contribution in [2.45, 2.75) is 32.5 Å².